The topological polar surface area (TPSA) is 64.9 Å². The second kappa shape index (κ2) is 6.51. The Hall–Kier alpha value is -1.63. The van der Waals surface area contributed by atoms with E-state index in [0.29, 0.717) is 19.1 Å². The van der Waals surface area contributed by atoms with E-state index < -0.39 is 0 Å². The molecule has 0 unspecified atom stereocenters. The van der Waals surface area contributed by atoms with Gasteiger partial charge in [0.2, 0.25) is 5.95 Å². The van der Waals surface area contributed by atoms with Gasteiger partial charge in [0.15, 0.2) is 0 Å². The van der Waals surface area contributed by atoms with Gasteiger partial charge in [-0.2, -0.15) is 0 Å². The maximum absolute atomic E-state index is 5.60. The highest BCUT2D eigenvalue weighted by atomic mass is 79.9. The normalized spacial score (nSPS) is 10.5. The van der Waals surface area contributed by atoms with Crippen LogP contribution in [-0.4, -0.2) is 26.8 Å². The maximum atomic E-state index is 5.60. The van der Waals surface area contributed by atoms with Crippen molar-refractivity contribution in [2.75, 3.05) is 11.9 Å². The highest BCUT2D eigenvalue weighted by Crippen LogP contribution is 2.24. The van der Waals surface area contributed by atoms with E-state index in [1.165, 1.54) is 0 Å². The Morgan fingerprint density at radius 1 is 1.37 bits per heavy atom. The van der Waals surface area contributed by atoms with Gasteiger partial charge < -0.3 is 10.1 Å². The number of halogens is 1. The van der Waals surface area contributed by atoms with Crippen molar-refractivity contribution in [2.45, 2.75) is 26.9 Å². The quantitative estimate of drug-likeness (QED) is 0.883. The number of tetrazole rings is 1. The van der Waals surface area contributed by atoms with Crippen LogP contribution >= 0.6 is 15.9 Å². The Morgan fingerprint density at radius 3 is 2.95 bits per heavy atom. The van der Waals surface area contributed by atoms with Crippen molar-refractivity contribution in [1.82, 2.24) is 20.2 Å². The average molecular weight is 326 g/mol. The van der Waals surface area contributed by atoms with Gasteiger partial charge >= 0.3 is 0 Å². The Labute approximate surface area is 120 Å². The summed E-state index contributed by atoms with van der Waals surface area (Å²) in [5.74, 6) is 1.53. The first-order chi connectivity index (χ1) is 9.24. The van der Waals surface area contributed by atoms with Crippen molar-refractivity contribution in [2.24, 2.45) is 0 Å². The smallest absolute Gasteiger partial charge is 0.243 e. The zero-order chi connectivity index (χ0) is 13.7. The molecule has 1 N–H and O–H groups in total. The van der Waals surface area contributed by atoms with E-state index in [4.69, 9.17) is 4.74 Å². The molecule has 0 saturated heterocycles. The molecule has 0 aliphatic heterocycles. The minimum atomic E-state index is 0.606. The molecule has 6 nitrogen and oxygen atoms in total. The molecule has 0 atom stereocenters. The van der Waals surface area contributed by atoms with E-state index in [0.717, 1.165) is 22.3 Å². The molecule has 2 aromatic rings. The summed E-state index contributed by atoms with van der Waals surface area (Å²) in [5.41, 5.74) is 1.06. The number of hydrogen-bond donors (Lipinski definition) is 1. The molecule has 0 fully saturated rings. The summed E-state index contributed by atoms with van der Waals surface area (Å²) >= 11 is 3.47. The number of nitrogens with zero attached hydrogens (tertiary/aromatic N) is 4. The van der Waals surface area contributed by atoms with Crippen LogP contribution in [0.1, 0.15) is 19.4 Å². The largest absolute Gasteiger partial charge is 0.494 e. The van der Waals surface area contributed by atoms with Crippen molar-refractivity contribution in [1.29, 1.82) is 0 Å². The average Bonchev–Trinajstić information content (AvgIpc) is 2.86. The number of hydrogen-bond acceptors (Lipinski definition) is 5. The van der Waals surface area contributed by atoms with E-state index in [1.807, 2.05) is 32.0 Å². The minimum Gasteiger partial charge on any atom is -0.494 e. The molecule has 0 saturated carbocycles. The van der Waals surface area contributed by atoms with Gasteiger partial charge in [-0.3, -0.25) is 0 Å². The monoisotopic (exact) mass is 325 g/mol. The highest BCUT2D eigenvalue weighted by molar-refractivity contribution is 9.10. The second-order valence-corrected chi connectivity index (χ2v) is 4.77. The zero-order valence-electron chi connectivity index (χ0n) is 10.9. The molecule has 0 spiro atoms. The van der Waals surface area contributed by atoms with Gasteiger partial charge in [0, 0.05) is 23.1 Å². The molecule has 1 heterocycles. The lowest BCUT2D eigenvalue weighted by molar-refractivity contribution is 0.337. The van der Waals surface area contributed by atoms with Crippen LogP contribution in [0.15, 0.2) is 22.7 Å². The van der Waals surface area contributed by atoms with Crippen LogP contribution in [0, 0.1) is 0 Å². The molecule has 0 aliphatic carbocycles. The summed E-state index contributed by atoms with van der Waals surface area (Å²) in [5, 5.41) is 14.7. The van der Waals surface area contributed by atoms with Gasteiger partial charge in [0.1, 0.15) is 5.75 Å². The first-order valence-corrected chi connectivity index (χ1v) is 6.95. The number of nitrogens with one attached hydrogen (secondary N) is 1. The number of benzene rings is 1. The van der Waals surface area contributed by atoms with Gasteiger partial charge in [-0.15, -0.1) is 0 Å². The van der Waals surface area contributed by atoms with Crippen molar-refractivity contribution in [3.63, 3.8) is 0 Å². The predicted molar refractivity (Wildman–Crippen MR) is 76.1 cm³/mol. The van der Waals surface area contributed by atoms with E-state index >= 15 is 0 Å². The van der Waals surface area contributed by atoms with E-state index in [9.17, 15) is 0 Å². The molecule has 2 rings (SSSR count). The summed E-state index contributed by atoms with van der Waals surface area (Å²) in [6.07, 6.45) is 0. The predicted octanol–water partition coefficient (Wildman–Crippen LogP) is 2.47. The number of aryl methyl sites for hydroxylation is 1. The molecule has 19 heavy (non-hydrogen) atoms. The standard InChI is InChI=1S/C12H16BrN5O/c1-3-18-12(15-16-17-18)14-8-9-7-10(13)5-6-11(9)19-4-2/h5-7H,3-4,8H2,1-2H3,(H,14,15,17). The Kier molecular flexibility index (Phi) is 4.73. The highest BCUT2D eigenvalue weighted by Gasteiger charge is 2.07. The molecular formula is C12H16BrN5O. The van der Waals surface area contributed by atoms with Crippen molar-refractivity contribution in [3.05, 3.63) is 28.2 Å². The van der Waals surface area contributed by atoms with Gasteiger partial charge in [-0.05, 0) is 42.5 Å². The van der Waals surface area contributed by atoms with Crippen LogP contribution < -0.4 is 10.1 Å². The first-order valence-electron chi connectivity index (χ1n) is 6.15. The lowest BCUT2D eigenvalue weighted by atomic mass is 10.2. The zero-order valence-corrected chi connectivity index (χ0v) is 12.5. The molecule has 7 heteroatoms. The second-order valence-electron chi connectivity index (χ2n) is 3.86. The molecule has 0 radical (unpaired) electrons. The molecule has 102 valence electrons. The van der Waals surface area contributed by atoms with Crippen molar-refractivity contribution >= 4 is 21.9 Å². The van der Waals surface area contributed by atoms with Gasteiger partial charge in [-0.25, -0.2) is 4.68 Å². The molecule has 0 bridgehead atoms. The molecule has 1 aromatic heterocycles. The lowest BCUT2D eigenvalue weighted by Crippen LogP contribution is -2.09. The van der Waals surface area contributed by atoms with Gasteiger partial charge in [0.25, 0.3) is 0 Å². The first kappa shape index (κ1) is 13.8. The minimum absolute atomic E-state index is 0.606. The van der Waals surface area contributed by atoms with Crippen LogP contribution in [0.25, 0.3) is 0 Å². The lowest BCUT2D eigenvalue weighted by Gasteiger charge is -2.11. The van der Waals surface area contributed by atoms with E-state index in [2.05, 4.69) is 36.8 Å². The summed E-state index contributed by atoms with van der Waals surface area (Å²) in [4.78, 5) is 0. The van der Waals surface area contributed by atoms with Crippen molar-refractivity contribution in [3.8, 4) is 5.75 Å². The van der Waals surface area contributed by atoms with E-state index in [-0.39, 0.29) is 0 Å². The molecule has 1 aromatic carbocycles. The van der Waals surface area contributed by atoms with Crippen LogP contribution in [0.5, 0.6) is 5.75 Å². The SMILES string of the molecule is CCOc1ccc(Br)cc1CNc1nnnn1CC. The maximum Gasteiger partial charge on any atom is 0.243 e. The number of anilines is 1. The fraction of sp³-hybridized carbons (Fsp3) is 0.417. The summed E-state index contributed by atoms with van der Waals surface area (Å²) in [6, 6.07) is 5.94. The van der Waals surface area contributed by atoms with Crippen LogP contribution in [0.2, 0.25) is 0 Å². The van der Waals surface area contributed by atoms with Crippen LogP contribution in [0.3, 0.4) is 0 Å². The number of ether oxygens (including phenoxy) is 1. The van der Waals surface area contributed by atoms with Crippen molar-refractivity contribution < 1.29 is 4.74 Å². The Balaban J connectivity index is 2.12. The summed E-state index contributed by atoms with van der Waals surface area (Å²) < 4.78 is 8.32. The van der Waals surface area contributed by atoms with E-state index in [1.54, 1.807) is 4.68 Å². The summed E-state index contributed by atoms with van der Waals surface area (Å²) in [7, 11) is 0. The van der Waals surface area contributed by atoms with Gasteiger partial charge in [-0.1, -0.05) is 21.0 Å². The molecular weight excluding hydrogens is 310 g/mol. The number of aromatic nitrogens is 4. The summed E-state index contributed by atoms with van der Waals surface area (Å²) in [6.45, 7) is 5.94. The van der Waals surface area contributed by atoms with Crippen LogP contribution in [-0.2, 0) is 13.1 Å². The fourth-order valence-corrected chi connectivity index (χ4v) is 2.11. The molecule has 0 aliphatic rings. The third kappa shape index (κ3) is 3.44. The third-order valence-corrected chi connectivity index (χ3v) is 3.08. The number of rotatable bonds is 6. The van der Waals surface area contributed by atoms with Crippen LogP contribution in [0.4, 0.5) is 5.95 Å². The fourth-order valence-electron chi connectivity index (χ4n) is 1.70. The Bertz CT molecular complexity index is 543. The van der Waals surface area contributed by atoms with Gasteiger partial charge in [0.05, 0.1) is 6.61 Å². The third-order valence-electron chi connectivity index (χ3n) is 2.59. The molecule has 0 amide bonds. The Morgan fingerprint density at radius 2 is 2.21 bits per heavy atom.